The lowest BCUT2D eigenvalue weighted by Crippen LogP contribution is -2.37. The van der Waals surface area contributed by atoms with Gasteiger partial charge in [-0.1, -0.05) is 66.8 Å². The lowest BCUT2D eigenvalue weighted by molar-refractivity contribution is -0.121. The maximum Gasteiger partial charge on any atom is 0.276 e. The van der Waals surface area contributed by atoms with Gasteiger partial charge in [-0.2, -0.15) is 0 Å². The highest BCUT2D eigenvalue weighted by Gasteiger charge is 2.28. The van der Waals surface area contributed by atoms with Crippen molar-refractivity contribution in [1.82, 2.24) is 4.90 Å². The molecule has 33 heavy (non-hydrogen) atoms. The Morgan fingerprint density at radius 3 is 2.48 bits per heavy atom. The normalized spacial score (nSPS) is 20.7. The summed E-state index contributed by atoms with van der Waals surface area (Å²) >= 11 is 0. The molecule has 0 aromatic heterocycles. The van der Waals surface area contributed by atoms with Crippen molar-refractivity contribution in [3.05, 3.63) is 95.6 Å². The lowest BCUT2D eigenvalue weighted by atomic mass is 9.89. The van der Waals surface area contributed by atoms with E-state index in [4.69, 9.17) is 0 Å². The van der Waals surface area contributed by atoms with E-state index in [0.717, 1.165) is 49.3 Å². The Hall–Kier alpha value is -3.64. The molecule has 1 atom stereocenters. The van der Waals surface area contributed by atoms with Crippen LogP contribution in [0.15, 0.2) is 94.7 Å². The van der Waals surface area contributed by atoms with E-state index in [-0.39, 0.29) is 23.7 Å². The highest BCUT2D eigenvalue weighted by molar-refractivity contribution is 5.94. The number of benzene rings is 2. The average Bonchev–Trinajstić information content (AvgIpc) is 2.86. The van der Waals surface area contributed by atoms with Crippen LogP contribution >= 0.6 is 0 Å². The summed E-state index contributed by atoms with van der Waals surface area (Å²) in [5.41, 5.74) is 4.50. The second-order valence-corrected chi connectivity index (χ2v) is 8.67. The van der Waals surface area contributed by atoms with Crippen LogP contribution in [0.25, 0.3) is 5.70 Å². The predicted octanol–water partition coefficient (Wildman–Crippen LogP) is 4.98. The van der Waals surface area contributed by atoms with Crippen LogP contribution in [0.4, 0.5) is 5.69 Å². The van der Waals surface area contributed by atoms with Crippen molar-refractivity contribution in [2.24, 2.45) is 22.1 Å². The summed E-state index contributed by atoms with van der Waals surface area (Å²) in [5.74, 6) is -0.505. The predicted molar refractivity (Wildman–Crippen MR) is 128 cm³/mol. The number of fused-ring (bicyclic) bond motifs is 1. The van der Waals surface area contributed by atoms with Gasteiger partial charge in [-0.15, -0.1) is 10.2 Å². The standard InChI is InChI=1S/C27H26N4O2/c32-26(21-14-16-31(17-15-21)18-19-6-2-1-3-7-19)28-22-12-10-20(11-13-22)25-23-8-4-5-9-24(23)27(33)30-29-25/h1-13,21,24H,14-18H2,(H,28,32). The molecule has 166 valence electrons. The van der Waals surface area contributed by atoms with E-state index in [9.17, 15) is 9.59 Å². The average molecular weight is 439 g/mol. The van der Waals surface area contributed by atoms with Crippen LogP contribution in [0.3, 0.4) is 0 Å². The van der Waals surface area contributed by atoms with Crippen molar-refractivity contribution in [1.29, 1.82) is 0 Å². The lowest BCUT2D eigenvalue weighted by Gasteiger charge is -2.31. The minimum atomic E-state index is -0.366. The van der Waals surface area contributed by atoms with E-state index in [0.29, 0.717) is 5.70 Å². The summed E-state index contributed by atoms with van der Waals surface area (Å²) in [6.07, 6.45) is 9.24. The smallest absolute Gasteiger partial charge is 0.276 e. The Bertz CT molecular complexity index is 1150. The number of nitrogens with one attached hydrogen (secondary N) is 1. The fourth-order valence-electron chi connectivity index (χ4n) is 4.58. The van der Waals surface area contributed by atoms with Crippen molar-refractivity contribution in [2.45, 2.75) is 19.4 Å². The van der Waals surface area contributed by atoms with E-state index >= 15 is 0 Å². The fourth-order valence-corrected chi connectivity index (χ4v) is 4.58. The maximum atomic E-state index is 12.8. The quantitative estimate of drug-likeness (QED) is 0.715. The van der Waals surface area contributed by atoms with Crippen LogP contribution in [0.5, 0.6) is 0 Å². The van der Waals surface area contributed by atoms with Crippen molar-refractivity contribution >= 4 is 23.2 Å². The first-order chi connectivity index (χ1) is 16.2. The van der Waals surface area contributed by atoms with Gasteiger partial charge in [-0.3, -0.25) is 14.5 Å². The molecule has 5 rings (SSSR count). The van der Waals surface area contributed by atoms with Gasteiger partial charge in [0.25, 0.3) is 5.91 Å². The molecule has 2 aliphatic heterocycles. The minimum Gasteiger partial charge on any atom is -0.326 e. The van der Waals surface area contributed by atoms with E-state index in [1.165, 1.54) is 5.56 Å². The number of allylic oxidation sites excluding steroid dienone is 3. The van der Waals surface area contributed by atoms with Gasteiger partial charge in [0.2, 0.25) is 5.91 Å². The number of rotatable bonds is 5. The first-order valence-electron chi connectivity index (χ1n) is 11.4. The van der Waals surface area contributed by atoms with Gasteiger partial charge in [0.1, 0.15) is 0 Å². The number of piperidine rings is 1. The molecule has 0 spiro atoms. The molecule has 6 heteroatoms. The summed E-state index contributed by atoms with van der Waals surface area (Å²) in [5, 5.41) is 11.0. The van der Waals surface area contributed by atoms with Crippen molar-refractivity contribution in [3.63, 3.8) is 0 Å². The van der Waals surface area contributed by atoms with E-state index in [1.54, 1.807) is 0 Å². The molecule has 1 N–H and O–H groups in total. The second kappa shape index (κ2) is 9.46. The number of nitrogens with zero attached hydrogens (tertiary/aromatic N) is 3. The first kappa shape index (κ1) is 21.2. The van der Waals surface area contributed by atoms with Crippen molar-refractivity contribution in [2.75, 3.05) is 18.4 Å². The van der Waals surface area contributed by atoms with E-state index in [1.807, 2.05) is 54.6 Å². The monoisotopic (exact) mass is 438 g/mol. The summed E-state index contributed by atoms with van der Waals surface area (Å²) in [6.45, 7) is 2.79. The summed E-state index contributed by atoms with van der Waals surface area (Å²) in [7, 11) is 0. The van der Waals surface area contributed by atoms with Crippen molar-refractivity contribution in [3.8, 4) is 0 Å². The molecule has 2 amide bonds. The third kappa shape index (κ3) is 4.76. The molecule has 1 unspecified atom stereocenters. The number of azo groups is 1. The zero-order valence-electron chi connectivity index (χ0n) is 18.4. The molecule has 1 saturated heterocycles. The Morgan fingerprint density at radius 1 is 0.970 bits per heavy atom. The molecule has 2 aromatic rings. The Balaban J connectivity index is 1.19. The third-order valence-electron chi connectivity index (χ3n) is 6.45. The zero-order chi connectivity index (χ0) is 22.6. The van der Waals surface area contributed by atoms with Crippen LogP contribution in [0.1, 0.15) is 24.0 Å². The van der Waals surface area contributed by atoms with Gasteiger partial charge in [0.15, 0.2) is 0 Å². The van der Waals surface area contributed by atoms with Gasteiger partial charge >= 0.3 is 0 Å². The molecular weight excluding hydrogens is 412 g/mol. The van der Waals surface area contributed by atoms with Crippen LogP contribution in [-0.4, -0.2) is 29.8 Å². The van der Waals surface area contributed by atoms with Crippen molar-refractivity contribution < 1.29 is 9.59 Å². The van der Waals surface area contributed by atoms with Gasteiger partial charge in [-0.05, 0) is 49.2 Å². The van der Waals surface area contributed by atoms with E-state index < -0.39 is 0 Å². The van der Waals surface area contributed by atoms with Crippen LogP contribution < -0.4 is 5.32 Å². The van der Waals surface area contributed by atoms with Crippen LogP contribution in [-0.2, 0) is 16.1 Å². The van der Waals surface area contributed by atoms with Gasteiger partial charge in [-0.25, -0.2) is 0 Å². The molecule has 3 aliphatic rings. The molecule has 6 nitrogen and oxygen atoms in total. The number of amides is 2. The van der Waals surface area contributed by atoms with Gasteiger partial charge in [0, 0.05) is 23.7 Å². The van der Waals surface area contributed by atoms with E-state index in [2.05, 4.69) is 44.7 Å². The maximum absolute atomic E-state index is 12.8. The number of likely N-dealkylation sites (tertiary alicyclic amines) is 1. The Morgan fingerprint density at radius 2 is 1.73 bits per heavy atom. The number of hydrogen-bond acceptors (Lipinski definition) is 4. The molecule has 2 heterocycles. The highest BCUT2D eigenvalue weighted by Crippen LogP contribution is 2.34. The molecule has 0 saturated carbocycles. The Labute approximate surface area is 193 Å². The summed E-state index contributed by atoms with van der Waals surface area (Å²) in [6, 6.07) is 18.1. The largest absolute Gasteiger partial charge is 0.326 e. The van der Waals surface area contributed by atoms with Gasteiger partial charge < -0.3 is 5.32 Å². The summed E-state index contributed by atoms with van der Waals surface area (Å²) < 4.78 is 0. The van der Waals surface area contributed by atoms with Crippen LogP contribution in [0, 0.1) is 11.8 Å². The molecule has 1 fully saturated rings. The Kier molecular flexibility index (Phi) is 6.09. The molecule has 1 aliphatic carbocycles. The minimum absolute atomic E-state index is 0.0275. The number of hydrogen-bond donors (Lipinski definition) is 1. The zero-order valence-corrected chi connectivity index (χ0v) is 18.4. The summed E-state index contributed by atoms with van der Waals surface area (Å²) in [4.78, 5) is 27.2. The molecular formula is C27H26N4O2. The number of anilines is 1. The molecule has 0 radical (unpaired) electrons. The van der Waals surface area contributed by atoms with Gasteiger partial charge in [0.05, 0.1) is 11.6 Å². The molecule has 0 bridgehead atoms. The topological polar surface area (TPSA) is 74.1 Å². The third-order valence-corrected chi connectivity index (χ3v) is 6.45. The SMILES string of the molecule is O=C(Nc1ccc(C2=C3C=CC=CC3C(=O)N=N2)cc1)C1CCN(Cc2ccccc2)CC1. The first-order valence-corrected chi connectivity index (χ1v) is 11.4. The second-order valence-electron chi connectivity index (χ2n) is 8.67. The highest BCUT2D eigenvalue weighted by atomic mass is 16.2. The fraction of sp³-hybridized carbons (Fsp3) is 0.259. The number of carbonyl (C=O) groups excluding carboxylic acids is 2. The molecule has 2 aromatic carbocycles. The number of carbonyl (C=O) groups is 2. The van der Waals surface area contributed by atoms with Crippen LogP contribution in [0.2, 0.25) is 0 Å².